The van der Waals surface area contributed by atoms with Crippen LogP contribution in [0.3, 0.4) is 0 Å². The molecule has 0 saturated carbocycles. The summed E-state index contributed by atoms with van der Waals surface area (Å²) in [5.74, 6) is 0. The first-order valence-corrected chi connectivity index (χ1v) is 9.74. The van der Waals surface area contributed by atoms with Crippen molar-refractivity contribution in [3.8, 4) is 0 Å². The summed E-state index contributed by atoms with van der Waals surface area (Å²) in [5.41, 5.74) is 0.867. The largest absolute Gasteiger partial charge is 0.323 e. The molecule has 1 nitrogen and oxygen atoms in total. The van der Waals surface area contributed by atoms with Crippen molar-refractivity contribution in [3.63, 3.8) is 0 Å². The van der Waals surface area contributed by atoms with Crippen molar-refractivity contribution in [1.29, 1.82) is 0 Å². The van der Waals surface area contributed by atoms with E-state index in [-0.39, 0.29) is 0 Å². The first kappa shape index (κ1) is 15.2. The molecule has 0 unspecified atom stereocenters. The van der Waals surface area contributed by atoms with Gasteiger partial charge in [0.15, 0.2) is 0 Å². The van der Waals surface area contributed by atoms with E-state index in [0.717, 1.165) is 5.54 Å². The Morgan fingerprint density at radius 2 is 1.33 bits per heavy atom. The topological polar surface area (TPSA) is 3.24 Å². The van der Waals surface area contributed by atoms with Crippen LogP contribution in [0.1, 0.15) is 53.4 Å². The van der Waals surface area contributed by atoms with E-state index >= 15 is 0 Å². The zero-order chi connectivity index (χ0) is 11.9. The summed E-state index contributed by atoms with van der Waals surface area (Å²) in [6, 6.07) is 0. The second kappa shape index (κ2) is 7.45. The van der Waals surface area contributed by atoms with Crippen molar-refractivity contribution in [2.45, 2.75) is 72.0 Å². The third kappa shape index (κ3) is 5.16. The van der Waals surface area contributed by atoms with Gasteiger partial charge < -0.3 is 4.57 Å². The molecule has 0 rings (SSSR count). The number of unbranched alkanes of at least 4 members (excludes halogenated alkanes) is 2. The first-order chi connectivity index (χ1) is 6.96. The molecule has 0 aromatic rings. The smallest absolute Gasteiger partial charge is 0.124 e. The molecule has 0 bridgehead atoms. The van der Waals surface area contributed by atoms with E-state index in [1.165, 1.54) is 38.8 Å². The SMILES string of the molecule is CCCCN(CCCC)[Si](C)(C)C(C)C. The zero-order valence-corrected chi connectivity index (χ0v) is 12.8. The van der Waals surface area contributed by atoms with E-state index in [0.29, 0.717) is 0 Å². The second-order valence-electron chi connectivity index (χ2n) is 5.50. The molecule has 0 aliphatic carbocycles. The highest BCUT2D eigenvalue weighted by atomic mass is 28.3. The van der Waals surface area contributed by atoms with Crippen LogP contribution >= 0.6 is 0 Å². The molecule has 0 spiro atoms. The molecule has 0 aromatic heterocycles. The van der Waals surface area contributed by atoms with Crippen LogP contribution in [0.25, 0.3) is 0 Å². The molecular formula is C13H31NSi. The van der Waals surface area contributed by atoms with Gasteiger partial charge in [-0.25, -0.2) is 0 Å². The highest BCUT2D eigenvalue weighted by molar-refractivity contribution is 6.75. The Balaban J connectivity index is 4.31. The molecule has 0 heterocycles. The number of hydrogen-bond acceptors (Lipinski definition) is 1. The molecule has 0 aliphatic heterocycles. The normalized spacial score (nSPS) is 12.8. The van der Waals surface area contributed by atoms with Crippen molar-refractivity contribution in [1.82, 2.24) is 4.57 Å². The summed E-state index contributed by atoms with van der Waals surface area (Å²) in [5, 5.41) is 0. The molecule has 0 amide bonds. The summed E-state index contributed by atoms with van der Waals surface area (Å²) >= 11 is 0. The third-order valence-corrected chi connectivity index (χ3v) is 8.69. The minimum absolute atomic E-state index is 0.867. The fourth-order valence-corrected chi connectivity index (χ4v) is 3.95. The molecule has 2 heteroatoms. The maximum Gasteiger partial charge on any atom is 0.124 e. The van der Waals surface area contributed by atoms with E-state index in [1.807, 2.05) is 0 Å². The Morgan fingerprint density at radius 1 is 0.933 bits per heavy atom. The fourth-order valence-electron chi connectivity index (χ4n) is 1.75. The van der Waals surface area contributed by atoms with E-state index in [2.05, 4.69) is 45.4 Å². The van der Waals surface area contributed by atoms with Crippen molar-refractivity contribution >= 4 is 8.24 Å². The van der Waals surface area contributed by atoms with Gasteiger partial charge in [-0.05, 0) is 31.5 Å². The Bertz CT molecular complexity index is 147. The number of hydrogen-bond donors (Lipinski definition) is 0. The van der Waals surface area contributed by atoms with Crippen LogP contribution in [0.2, 0.25) is 18.6 Å². The van der Waals surface area contributed by atoms with Gasteiger partial charge in [-0.15, -0.1) is 0 Å². The number of rotatable bonds is 8. The average molecular weight is 229 g/mol. The van der Waals surface area contributed by atoms with Crippen molar-refractivity contribution in [2.24, 2.45) is 0 Å². The Morgan fingerprint density at radius 3 is 1.60 bits per heavy atom. The van der Waals surface area contributed by atoms with Crippen molar-refractivity contribution in [3.05, 3.63) is 0 Å². The van der Waals surface area contributed by atoms with Crippen molar-refractivity contribution in [2.75, 3.05) is 13.1 Å². The van der Waals surface area contributed by atoms with Crippen LogP contribution in [0.4, 0.5) is 0 Å². The molecule has 15 heavy (non-hydrogen) atoms. The van der Waals surface area contributed by atoms with Gasteiger partial charge in [0.1, 0.15) is 8.24 Å². The van der Waals surface area contributed by atoms with Crippen LogP contribution in [-0.4, -0.2) is 25.9 Å². The van der Waals surface area contributed by atoms with Gasteiger partial charge in [0.2, 0.25) is 0 Å². The van der Waals surface area contributed by atoms with Gasteiger partial charge in [0.05, 0.1) is 0 Å². The van der Waals surface area contributed by atoms with Crippen molar-refractivity contribution < 1.29 is 0 Å². The number of nitrogens with zero attached hydrogens (tertiary/aromatic N) is 1. The lowest BCUT2D eigenvalue weighted by molar-refractivity contribution is 0.393. The van der Waals surface area contributed by atoms with Crippen LogP contribution in [0.15, 0.2) is 0 Å². The molecule has 0 atom stereocenters. The fraction of sp³-hybridized carbons (Fsp3) is 1.00. The van der Waals surface area contributed by atoms with E-state index in [1.54, 1.807) is 0 Å². The third-order valence-electron chi connectivity index (χ3n) is 3.79. The quantitative estimate of drug-likeness (QED) is 0.554. The van der Waals surface area contributed by atoms with Crippen LogP contribution in [-0.2, 0) is 0 Å². The zero-order valence-electron chi connectivity index (χ0n) is 11.8. The summed E-state index contributed by atoms with van der Waals surface area (Å²) in [6.45, 7) is 17.1. The van der Waals surface area contributed by atoms with Gasteiger partial charge in [0, 0.05) is 0 Å². The maximum absolute atomic E-state index is 2.82. The van der Waals surface area contributed by atoms with Gasteiger partial charge in [0.25, 0.3) is 0 Å². The summed E-state index contributed by atoms with van der Waals surface area (Å²) in [7, 11) is -1.15. The lowest BCUT2D eigenvalue weighted by Gasteiger charge is -2.40. The van der Waals surface area contributed by atoms with Crippen LogP contribution < -0.4 is 0 Å². The maximum atomic E-state index is 2.82. The predicted molar refractivity (Wildman–Crippen MR) is 74.0 cm³/mol. The highest BCUT2D eigenvalue weighted by Gasteiger charge is 2.31. The average Bonchev–Trinajstić information content (AvgIpc) is 2.17. The summed E-state index contributed by atoms with van der Waals surface area (Å²) in [4.78, 5) is 0. The molecule has 0 aromatic carbocycles. The lowest BCUT2D eigenvalue weighted by atomic mass is 10.3. The first-order valence-electron chi connectivity index (χ1n) is 6.71. The van der Waals surface area contributed by atoms with Gasteiger partial charge in [-0.2, -0.15) is 0 Å². The highest BCUT2D eigenvalue weighted by Crippen LogP contribution is 2.25. The second-order valence-corrected chi connectivity index (χ2v) is 10.6. The molecule has 92 valence electrons. The van der Waals surface area contributed by atoms with E-state index in [4.69, 9.17) is 0 Å². The van der Waals surface area contributed by atoms with Gasteiger partial charge >= 0.3 is 0 Å². The Labute approximate surface area is 98.3 Å². The predicted octanol–water partition coefficient (Wildman–Crippen LogP) is 4.50. The Kier molecular flexibility index (Phi) is 7.54. The molecule has 0 radical (unpaired) electrons. The standard InChI is InChI=1S/C13H31NSi/c1-7-9-11-14(12-10-8-2)15(5,6)13(3)4/h13H,7-12H2,1-6H3. The minimum Gasteiger partial charge on any atom is -0.323 e. The minimum atomic E-state index is -1.15. The van der Waals surface area contributed by atoms with Gasteiger partial charge in [-0.3, -0.25) is 0 Å². The molecule has 0 N–H and O–H groups in total. The monoisotopic (exact) mass is 229 g/mol. The van der Waals surface area contributed by atoms with Crippen LogP contribution in [0.5, 0.6) is 0 Å². The molecular weight excluding hydrogens is 198 g/mol. The molecule has 0 fully saturated rings. The molecule has 0 aliphatic rings. The lowest BCUT2D eigenvalue weighted by Crippen LogP contribution is -2.51. The summed E-state index contributed by atoms with van der Waals surface area (Å²) in [6.07, 6.45) is 5.39. The van der Waals surface area contributed by atoms with E-state index < -0.39 is 8.24 Å². The van der Waals surface area contributed by atoms with E-state index in [9.17, 15) is 0 Å². The summed E-state index contributed by atoms with van der Waals surface area (Å²) < 4.78 is 2.82. The van der Waals surface area contributed by atoms with Gasteiger partial charge in [-0.1, -0.05) is 53.6 Å². The Hall–Kier alpha value is 0.177. The van der Waals surface area contributed by atoms with Crippen LogP contribution in [0, 0.1) is 0 Å². The molecule has 0 saturated heterocycles.